The Hall–Kier alpha value is -1.91. The molecule has 0 spiro atoms. The topological polar surface area (TPSA) is 34.0 Å². The maximum absolute atomic E-state index is 6.02. The van der Waals surface area contributed by atoms with Crippen LogP contribution in [0.3, 0.4) is 0 Å². The molecule has 0 saturated carbocycles. The first-order chi connectivity index (χ1) is 12.3. The Morgan fingerprint density at radius 1 is 0.960 bits per heavy atom. The molecule has 0 amide bonds. The van der Waals surface area contributed by atoms with Crippen LogP contribution >= 0.6 is 11.6 Å². The highest BCUT2D eigenvalue weighted by molar-refractivity contribution is 6.30. The molecule has 3 aromatic rings. The summed E-state index contributed by atoms with van der Waals surface area (Å²) in [6, 6.07) is 9.93. The first-order valence-corrected chi connectivity index (χ1v) is 9.48. The third kappa shape index (κ3) is 3.70. The third-order valence-electron chi connectivity index (χ3n) is 4.96. The normalized spacial score (nSPS) is 15.7. The smallest absolute Gasteiger partial charge is 0.102 e. The van der Waals surface area contributed by atoms with Crippen LogP contribution in [0, 0.1) is 0 Å². The van der Waals surface area contributed by atoms with Gasteiger partial charge in [0.2, 0.25) is 0 Å². The van der Waals surface area contributed by atoms with Gasteiger partial charge in [-0.15, -0.1) is 0 Å². The van der Waals surface area contributed by atoms with Gasteiger partial charge in [0.15, 0.2) is 0 Å². The number of fused-ring (bicyclic) bond motifs is 1. The fraction of sp³-hybridized carbons (Fsp3) is 0.400. The van der Waals surface area contributed by atoms with Crippen LogP contribution in [0.2, 0.25) is 5.02 Å². The summed E-state index contributed by atoms with van der Waals surface area (Å²) in [6.45, 7) is 4.59. The number of halogens is 1. The van der Waals surface area contributed by atoms with E-state index >= 15 is 0 Å². The zero-order valence-electron chi connectivity index (χ0n) is 14.4. The van der Waals surface area contributed by atoms with Gasteiger partial charge in [0.05, 0.1) is 5.52 Å². The van der Waals surface area contributed by atoms with E-state index in [2.05, 4.69) is 20.6 Å². The van der Waals surface area contributed by atoms with Crippen LogP contribution in [0.1, 0.15) is 25.7 Å². The van der Waals surface area contributed by atoms with Crippen LogP contribution < -0.4 is 0 Å². The minimum absolute atomic E-state index is 0.743. The van der Waals surface area contributed by atoms with E-state index in [1.165, 1.54) is 32.4 Å². The lowest BCUT2D eigenvalue weighted by Crippen LogP contribution is -2.31. The summed E-state index contributed by atoms with van der Waals surface area (Å²) < 4.78 is 2.13. The van der Waals surface area contributed by atoms with E-state index < -0.39 is 0 Å². The van der Waals surface area contributed by atoms with Gasteiger partial charge in [0.1, 0.15) is 5.69 Å². The third-order valence-corrected chi connectivity index (χ3v) is 5.21. The lowest BCUT2D eigenvalue weighted by atomic mass is 10.1. The molecule has 1 aromatic carbocycles. The van der Waals surface area contributed by atoms with Crippen molar-refractivity contribution in [1.29, 1.82) is 0 Å². The molecule has 0 N–H and O–H groups in total. The molecule has 4 rings (SSSR count). The number of hydrogen-bond acceptors (Lipinski definition) is 3. The summed E-state index contributed by atoms with van der Waals surface area (Å²) >= 11 is 6.02. The molecule has 0 bridgehead atoms. The second kappa shape index (κ2) is 7.54. The summed E-state index contributed by atoms with van der Waals surface area (Å²) in [5, 5.41) is 6.73. The minimum atomic E-state index is 0.743. The average molecular weight is 355 g/mol. The SMILES string of the molecule is Clc1ccc(-c2nn(CCCN3CCCCC3)c3ccncc23)cc1. The Morgan fingerprint density at radius 2 is 1.76 bits per heavy atom. The number of rotatable bonds is 5. The number of pyridine rings is 1. The van der Waals surface area contributed by atoms with Crippen LogP contribution in [0.4, 0.5) is 0 Å². The molecule has 1 saturated heterocycles. The number of likely N-dealkylation sites (tertiary alicyclic amines) is 1. The maximum Gasteiger partial charge on any atom is 0.102 e. The Morgan fingerprint density at radius 3 is 2.56 bits per heavy atom. The quantitative estimate of drug-likeness (QED) is 0.670. The van der Waals surface area contributed by atoms with Gasteiger partial charge in [-0.1, -0.05) is 30.2 Å². The van der Waals surface area contributed by atoms with Gasteiger partial charge in [0.25, 0.3) is 0 Å². The molecule has 3 heterocycles. The Balaban J connectivity index is 1.55. The zero-order chi connectivity index (χ0) is 17.1. The van der Waals surface area contributed by atoms with E-state index in [1.54, 1.807) is 0 Å². The Labute approximate surface area is 153 Å². The van der Waals surface area contributed by atoms with Gasteiger partial charge in [-0.25, -0.2) is 0 Å². The fourth-order valence-electron chi connectivity index (χ4n) is 3.64. The van der Waals surface area contributed by atoms with Crippen molar-refractivity contribution in [3.8, 4) is 11.3 Å². The largest absolute Gasteiger partial charge is 0.303 e. The van der Waals surface area contributed by atoms with Crippen molar-refractivity contribution in [3.63, 3.8) is 0 Å². The van der Waals surface area contributed by atoms with Crippen molar-refractivity contribution in [1.82, 2.24) is 19.7 Å². The van der Waals surface area contributed by atoms with Crippen LogP contribution in [-0.2, 0) is 6.54 Å². The number of aromatic nitrogens is 3. The van der Waals surface area contributed by atoms with Gasteiger partial charge in [-0.05, 0) is 57.1 Å². The van der Waals surface area contributed by atoms with E-state index in [9.17, 15) is 0 Å². The van der Waals surface area contributed by atoms with Crippen LogP contribution in [0.15, 0.2) is 42.7 Å². The molecule has 0 atom stereocenters. The van der Waals surface area contributed by atoms with E-state index in [-0.39, 0.29) is 0 Å². The predicted molar refractivity (Wildman–Crippen MR) is 103 cm³/mol. The highest BCUT2D eigenvalue weighted by Crippen LogP contribution is 2.28. The predicted octanol–water partition coefficient (Wildman–Crippen LogP) is 4.63. The van der Waals surface area contributed by atoms with E-state index in [0.29, 0.717) is 0 Å². The molecule has 1 aliphatic heterocycles. The maximum atomic E-state index is 6.02. The van der Waals surface area contributed by atoms with Crippen molar-refractivity contribution in [2.45, 2.75) is 32.2 Å². The van der Waals surface area contributed by atoms with E-state index in [4.69, 9.17) is 16.7 Å². The van der Waals surface area contributed by atoms with Crippen molar-refractivity contribution in [2.75, 3.05) is 19.6 Å². The number of aryl methyl sites for hydroxylation is 1. The van der Waals surface area contributed by atoms with E-state index in [0.717, 1.165) is 46.7 Å². The van der Waals surface area contributed by atoms with Crippen molar-refractivity contribution in [3.05, 3.63) is 47.7 Å². The molecular weight excluding hydrogens is 332 g/mol. The summed E-state index contributed by atoms with van der Waals surface area (Å²) in [4.78, 5) is 6.88. The standard InChI is InChI=1S/C20H23ClN4/c21-17-7-5-16(6-8-17)20-18-15-22-10-9-19(18)25(23-20)14-4-13-24-11-2-1-3-12-24/h5-10,15H,1-4,11-14H2. The second-order valence-corrected chi connectivity index (χ2v) is 7.16. The first-order valence-electron chi connectivity index (χ1n) is 9.10. The number of piperidine rings is 1. The Bertz CT molecular complexity index is 835. The molecule has 130 valence electrons. The summed E-state index contributed by atoms with van der Waals surface area (Å²) in [5.41, 5.74) is 3.22. The summed E-state index contributed by atoms with van der Waals surface area (Å²) in [6.07, 6.45) is 8.95. The van der Waals surface area contributed by atoms with Crippen molar-refractivity contribution < 1.29 is 0 Å². The lowest BCUT2D eigenvalue weighted by molar-refractivity contribution is 0.222. The van der Waals surface area contributed by atoms with Crippen LogP contribution in [0.25, 0.3) is 22.2 Å². The van der Waals surface area contributed by atoms with Crippen LogP contribution in [-0.4, -0.2) is 39.3 Å². The highest BCUT2D eigenvalue weighted by Gasteiger charge is 2.13. The first kappa shape index (κ1) is 16.6. The molecular formula is C20H23ClN4. The molecule has 1 fully saturated rings. The van der Waals surface area contributed by atoms with Crippen molar-refractivity contribution in [2.24, 2.45) is 0 Å². The van der Waals surface area contributed by atoms with Gasteiger partial charge >= 0.3 is 0 Å². The molecule has 0 aliphatic carbocycles. The van der Waals surface area contributed by atoms with Gasteiger partial charge in [-0.2, -0.15) is 5.10 Å². The zero-order valence-corrected chi connectivity index (χ0v) is 15.1. The van der Waals surface area contributed by atoms with Gasteiger partial charge < -0.3 is 4.90 Å². The summed E-state index contributed by atoms with van der Waals surface area (Å²) in [5.74, 6) is 0. The average Bonchev–Trinajstić information content (AvgIpc) is 3.02. The molecule has 0 unspecified atom stereocenters. The second-order valence-electron chi connectivity index (χ2n) is 6.73. The van der Waals surface area contributed by atoms with Gasteiger partial charge in [-0.3, -0.25) is 9.67 Å². The minimum Gasteiger partial charge on any atom is -0.303 e. The fourth-order valence-corrected chi connectivity index (χ4v) is 3.77. The molecule has 1 aliphatic rings. The van der Waals surface area contributed by atoms with Crippen molar-refractivity contribution >= 4 is 22.5 Å². The highest BCUT2D eigenvalue weighted by atomic mass is 35.5. The van der Waals surface area contributed by atoms with E-state index in [1.807, 2.05) is 36.7 Å². The Kier molecular flexibility index (Phi) is 4.99. The molecule has 0 radical (unpaired) electrons. The molecule has 4 nitrogen and oxygen atoms in total. The number of benzene rings is 1. The molecule has 25 heavy (non-hydrogen) atoms. The molecule has 5 heteroatoms. The number of nitrogens with zero attached hydrogens (tertiary/aromatic N) is 4. The molecule has 2 aromatic heterocycles. The monoisotopic (exact) mass is 354 g/mol. The summed E-state index contributed by atoms with van der Waals surface area (Å²) in [7, 11) is 0. The number of hydrogen-bond donors (Lipinski definition) is 0. The van der Waals surface area contributed by atoms with Gasteiger partial charge in [0, 0.05) is 34.9 Å². The van der Waals surface area contributed by atoms with Crippen LogP contribution in [0.5, 0.6) is 0 Å². The lowest BCUT2D eigenvalue weighted by Gasteiger charge is -2.26.